The summed E-state index contributed by atoms with van der Waals surface area (Å²) < 4.78 is 26.6. The second-order valence-electron chi connectivity index (χ2n) is 7.59. The van der Waals surface area contributed by atoms with E-state index in [0.29, 0.717) is 46.5 Å². The van der Waals surface area contributed by atoms with Crippen LogP contribution in [0.15, 0.2) is 48.5 Å². The van der Waals surface area contributed by atoms with Crippen LogP contribution in [-0.2, 0) is 4.74 Å². The number of hydrogen-bond acceptors (Lipinski definition) is 7. The summed E-state index contributed by atoms with van der Waals surface area (Å²) in [5.74, 6) is 1.00. The number of benzene rings is 2. The molecule has 1 aliphatic rings. The molecule has 0 radical (unpaired) electrons. The van der Waals surface area contributed by atoms with Crippen LogP contribution in [0.2, 0.25) is 0 Å². The van der Waals surface area contributed by atoms with Crippen LogP contribution in [-0.4, -0.2) is 46.1 Å². The molecule has 8 nitrogen and oxygen atoms in total. The summed E-state index contributed by atoms with van der Waals surface area (Å²) >= 11 is 0. The van der Waals surface area contributed by atoms with Crippen molar-refractivity contribution in [2.45, 2.75) is 18.9 Å². The van der Waals surface area contributed by atoms with E-state index in [2.05, 4.69) is 15.4 Å². The molecule has 3 N–H and O–H groups in total. The van der Waals surface area contributed by atoms with Crippen molar-refractivity contribution in [2.75, 3.05) is 31.3 Å². The molecule has 2 aromatic carbocycles. The molecule has 9 heteroatoms. The molecular formula is C23H23FN6O2. The lowest BCUT2D eigenvalue weighted by atomic mass is 10.1. The third kappa shape index (κ3) is 3.71. The largest absolute Gasteiger partial charge is 0.496 e. The summed E-state index contributed by atoms with van der Waals surface area (Å²) in [5, 5.41) is 8.40. The maximum Gasteiger partial charge on any atom is 0.225 e. The molecule has 4 aromatic rings. The Bertz CT molecular complexity index is 1270. The topological polar surface area (TPSA) is 100 Å². The maximum atomic E-state index is 13.8. The average Bonchev–Trinajstić information content (AvgIpc) is 3.45. The van der Waals surface area contributed by atoms with Crippen molar-refractivity contribution in [3.8, 4) is 22.7 Å². The standard InChI is InChI=1S/C23H23FN6O2/c1-31-18-10-3-2-9-17(18)20-19-21(25)30(15-7-4-6-14(24)12-15)29-22(19)28-23(27-20)26-13-16-8-5-11-32-16/h2-4,6-7,9-10,12,16H,5,8,11,13,25H2,1H3,(H,26,28,29)/t16-/m0/s1. The molecule has 0 bridgehead atoms. The molecule has 32 heavy (non-hydrogen) atoms. The van der Waals surface area contributed by atoms with Gasteiger partial charge in [0.2, 0.25) is 5.95 Å². The number of nitrogens with one attached hydrogen (secondary N) is 1. The number of nitrogen functional groups attached to an aromatic ring is 1. The van der Waals surface area contributed by atoms with Crippen LogP contribution in [0.3, 0.4) is 0 Å². The first-order valence-corrected chi connectivity index (χ1v) is 10.4. The van der Waals surface area contributed by atoms with Crippen LogP contribution in [0.4, 0.5) is 16.2 Å². The molecule has 0 unspecified atom stereocenters. The number of fused-ring (bicyclic) bond motifs is 1. The highest BCUT2D eigenvalue weighted by Crippen LogP contribution is 2.37. The number of rotatable bonds is 6. The van der Waals surface area contributed by atoms with E-state index in [-0.39, 0.29) is 11.9 Å². The van der Waals surface area contributed by atoms with E-state index in [0.717, 1.165) is 25.0 Å². The van der Waals surface area contributed by atoms with Gasteiger partial charge in [0.1, 0.15) is 17.4 Å². The van der Waals surface area contributed by atoms with Crippen molar-refractivity contribution >= 4 is 22.8 Å². The van der Waals surface area contributed by atoms with Crippen LogP contribution < -0.4 is 15.8 Å². The lowest BCUT2D eigenvalue weighted by Gasteiger charge is -2.13. The van der Waals surface area contributed by atoms with Crippen LogP contribution >= 0.6 is 0 Å². The third-order valence-corrected chi connectivity index (χ3v) is 5.50. The Balaban J connectivity index is 1.67. The molecule has 1 atom stereocenters. The molecule has 1 saturated heterocycles. The second kappa shape index (κ2) is 8.43. The zero-order chi connectivity index (χ0) is 22.1. The fourth-order valence-electron chi connectivity index (χ4n) is 3.94. The first-order valence-electron chi connectivity index (χ1n) is 10.4. The van der Waals surface area contributed by atoms with Gasteiger partial charge in [-0.2, -0.15) is 4.98 Å². The summed E-state index contributed by atoms with van der Waals surface area (Å²) in [6.07, 6.45) is 2.17. The summed E-state index contributed by atoms with van der Waals surface area (Å²) in [7, 11) is 1.60. The molecule has 0 spiro atoms. The van der Waals surface area contributed by atoms with Gasteiger partial charge in [-0.25, -0.2) is 14.1 Å². The van der Waals surface area contributed by atoms with Gasteiger partial charge in [-0.3, -0.25) is 0 Å². The van der Waals surface area contributed by atoms with E-state index >= 15 is 0 Å². The number of para-hydroxylation sites is 1. The Labute approximate surface area is 184 Å². The van der Waals surface area contributed by atoms with Crippen molar-refractivity contribution in [1.29, 1.82) is 0 Å². The first-order chi connectivity index (χ1) is 15.6. The normalized spacial score (nSPS) is 15.9. The van der Waals surface area contributed by atoms with Gasteiger partial charge in [-0.15, -0.1) is 5.10 Å². The van der Waals surface area contributed by atoms with Crippen LogP contribution in [0.5, 0.6) is 5.75 Å². The number of aromatic nitrogens is 4. The Morgan fingerprint density at radius 1 is 1.22 bits per heavy atom. The van der Waals surface area contributed by atoms with E-state index < -0.39 is 0 Å². The first kappa shape index (κ1) is 20.2. The molecule has 3 heterocycles. The highest BCUT2D eigenvalue weighted by Gasteiger charge is 2.22. The number of ether oxygens (including phenoxy) is 2. The minimum Gasteiger partial charge on any atom is -0.496 e. The van der Waals surface area contributed by atoms with Crippen LogP contribution in [0.1, 0.15) is 12.8 Å². The Morgan fingerprint density at radius 3 is 2.88 bits per heavy atom. The van der Waals surface area contributed by atoms with Gasteiger partial charge in [0.15, 0.2) is 5.65 Å². The predicted octanol–water partition coefficient (Wildman–Crippen LogP) is 3.80. The molecule has 0 saturated carbocycles. The Kier molecular flexibility index (Phi) is 5.32. The van der Waals surface area contributed by atoms with Gasteiger partial charge in [-0.05, 0) is 43.2 Å². The highest BCUT2D eigenvalue weighted by atomic mass is 19.1. The molecule has 1 fully saturated rings. The molecular weight excluding hydrogens is 411 g/mol. The summed E-state index contributed by atoms with van der Waals surface area (Å²) in [4.78, 5) is 9.34. The lowest BCUT2D eigenvalue weighted by molar-refractivity contribution is 0.120. The summed E-state index contributed by atoms with van der Waals surface area (Å²) in [6.45, 7) is 1.37. The lowest BCUT2D eigenvalue weighted by Crippen LogP contribution is -2.19. The Hall–Kier alpha value is -3.72. The fraction of sp³-hybridized carbons (Fsp3) is 0.261. The second-order valence-corrected chi connectivity index (χ2v) is 7.59. The monoisotopic (exact) mass is 434 g/mol. The van der Waals surface area contributed by atoms with Gasteiger partial charge < -0.3 is 20.5 Å². The van der Waals surface area contributed by atoms with Gasteiger partial charge in [0, 0.05) is 18.7 Å². The maximum absolute atomic E-state index is 13.8. The van der Waals surface area contributed by atoms with Crippen molar-refractivity contribution in [3.05, 3.63) is 54.3 Å². The zero-order valence-electron chi connectivity index (χ0n) is 17.6. The molecule has 1 aliphatic heterocycles. The van der Waals surface area contributed by atoms with E-state index in [1.165, 1.54) is 16.8 Å². The summed E-state index contributed by atoms with van der Waals surface area (Å²) in [6, 6.07) is 13.6. The van der Waals surface area contributed by atoms with Gasteiger partial charge >= 0.3 is 0 Å². The molecule has 0 amide bonds. The van der Waals surface area contributed by atoms with Gasteiger partial charge in [0.05, 0.1) is 30.0 Å². The minimum atomic E-state index is -0.378. The van der Waals surface area contributed by atoms with Gasteiger partial charge in [-0.1, -0.05) is 18.2 Å². The number of nitrogens with zero attached hydrogens (tertiary/aromatic N) is 4. The minimum absolute atomic E-state index is 0.124. The quantitative estimate of drug-likeness (QED) is 0.476. The molecule has 5 rings (SSSR count). The molecule has 164 valence electrons. The molecule has 0 aliphatic carbocycles. The van der Waals surface area contributed by atoms with Crippen molar-refractivity contribution in [1.82, 2.24) is 19.7 Å². The number of anilines is 2. The number of methoxy groups -OCH3 is 1. The van der Waals surface area contributed by atoms with Crippen molar-refractivity contribution < 1.29 is 13.9 Å². The highest BCUT2D eigenvalue weighted by molar-refractivity contribution is 6.00. The number of halogens is 1. The Morgan fingerprint density at radius 2 is 2.09 bits per heavy atom. The number of nitrogens with two attached hydrogens (primary N) is 1. The van der Waals surface area contributed by atoms with Crippen molar-refractivity contribution in [2.24, 2.45) is 0 Å². The molecule has 2 aromatic heterocycles. The van der Waals surface area contributed by atoms with Crippen molar-refractivity contribution in [3.63, 3.8) is 0 Å². The van der Waals surface area contributed by atoms with E-state index in [4.69, 9.17) is 20.2 Å². The zero-order valence-corrected chi connectivity index (χ0v) is 17.6. The fourth-order valence-corrected chi connectivity index (χ4v) is 3.94. The van der Waals surface area contributed by atoms with Crippen LogP contribution in [0.25, 0.3) is 28.0 Å². The van der Waals surface area contributed by atoms with E-state index in [9.17, 15) is 4.39 Å². The SMILES string of the molecule is COc1ccccc1-c1nc(NC[C@@H]2CCCO2)nc2nn(-c3cccc(F)c3)c(N)c12. The smallest absolute Gasteiger partial charge is 0.225 e. The number of hydrogen-bond donors (Lipinski definition) is 2. The van der Waals surface area contributed by atoms with Crippen LogP contribution in [0, 0.1) is 5.82 Å². The van der Waals surface area contributed by atoms with E-state index in [1.807, 2.05) is 24.3 Å². The van der Waals surface area contributed by atoms with Gasteiger partial charge in [0.25, 0.3) is 0 Å². The summed E-state index contributed by atoms with van der Waals surface area (Å²) in [5.41, 5.74) is 8.73. The average molecular weight is 434 g/mol. The van der Waals surface area contributed by atoms with E-state index in [1.54, 1.807) is 19.2 Å². The third-order valence-electron chi connectivity index (χ3n) is 5.50. The predicted molar refractivity (Wildman–Crippen MR) is 120 cm³/mol.